The van der Waals surface area contributed by atoms with E-state index in [1.54, 1.807) is 13.1 Å². The zero-order valence-electron chi connectivity index (χ0n) is 9.09. The average Bonchev–Trinajstić information content (AvgIpc) is 2.64. The molecule has 2 aromatic rings. The molecule has 0 aliphatic heterocycles. The maximum Gasteiger partial charge on any atom is 0.434 e. The van der Waals surface area contributed by atoms with Crippen molar-refractivity contribution in [1.82, 2.24) is 9.55 Å². The molecule has 0 spiro atoms. The maximum atomic E-state index is 12.6. The van der Waals surface area contributed by atoms with E-state index >= 15 is 0 Å². The van der Waals surface area contributed by atoms with Gasteiger partial charge >= 0.3 is 6.18 Å². The van der Waals surface area contributed by atoms with Gasteiger partial charge in [0.25, 0.3) is 0 Å². The molecule has 1 aromatic heterocycles. The molecule has 0 saturated carbocycles. The largest absolute Gasteiger partial charge is 0.434 e. The lowest BCUT2D eigenvalue weighted by molar-refractivity contribution is -0.140. The number of alkyl halides is 3. The van der Waals surface area contributed by atoms with Crippen LogP contribution >= 0.6 is 38.5 Å². The predicted molar refractivity (Wildman–Crippen MR) is 74.1 cm³/mol. The molecule has 0 radical (unpaired) electrons. The van der Waals surface area contributed by atoms with Gasteiger partial charge in [-0.3, -0.25) is 0 Å². The molecule has 96 valence electrons. The van der Waals surface area contributed by atoms with Crippen LogP contribution in [0.5, 0.6) is 0 Å². The van der Waals surface area contributed by atoms with Crippen molar-refractivity contribution in [3.05, 3.63) is 38.1 Å². The minimum absolute atomic E-state index is 0.299. The van der Waals surface area contributed by atoms with Crippen LogP contribution in [0, 0.1) is 3.57 Å². The summed E-state index contributed by atoms with van der Waals surface area (Å²) in [4.78, 5) is 3.67. The second-order valence-electron chi connectivity index (χ2n) is 3.68. The van der Waals surface area contributed by atoms with E-state index in [0.29, 0.717) is 11.4 Å². The predicted octanol–water partition coefficient (Wildman–Crippen LogP) is 4.47. The highest BCUT2D eigenvalue weighted by molar-refractivity contribution is 14.1. The van der Waals surface area contributed by atoms with E-state index in [1.165, 1.54) is 4.57 Å². The molecule has 1 aromatic carbocycles. The summed E-state index contributed by atoms with van der Waals surface area (Å²) in [6, 6.07) is 5.41. The van der Waals surface area contributed by atoms with Crippen LogP contribution in [-0.2, 0) is 13.2 Å². The third-order valence-electron chi connectivity index (χ3n) is 2.34. The summed E-state index contributed by atoms with van der Waals surface area (Å²) in [7, 11) is 1.55. The van der Waals surface area contributed by atoms with Crippen molar-refractivity contribution >= 4 is 38.5 Å². The van der Waals surface area contributed by atoms with Crippen molar-refractivity contribution in [1.29, 1.82) is 0 Å². The number of aryl methyl sites for hydroxylation is 1. The number of hydrogen-bond acceptors (Lipinski definition) is 1. The molecule has 7 heteroatoms. The highest BCUT2D eigenvalue weighted by Gasteiger charge is 2.34. The molecule has 2 nitrogen and oxygen atoms in total. The zero-order chi connectivity index (χ0) is 13.5. The van der Waals surface area contributed by atoms with E-state index in [-0.39, 0.29) is 0 Å². The van der Waals surface area contributed by atoms with Crippen LogP contribution < -0.4 is 0 Å². The fraction of sp³-hybridized carbons (Fsp3) is 0.182. The molecular formula is C11H7BrF3IN2. The Kier molecular flexibility index (Phi) is 3.72. The Morgan fingerprint density at radius 3 is 2.56 bits per heavy atom. The molecule has 2 rings (SSSR count). The standard InChI is InChI=1S/C11H7BrF3IN2/c1-18-5-9(11(13,14)15)17-10(18)7-4-6(12)2-3-8(7)16/h2-5H,1H3. The van der Waals surface area contributed by atoms with Crippen LogP contribution in [0.1, 0.15) is 5.69 Å². The van der Waals surface area contributed by atoms with Crippen LogP contribution in [0.25, 0.3) is 11.4 Å². The fourth-order valence-electron chi connectivity index (χ4n) is 1.52. The summed E-state index contributed by atoms with van der Waals surface area (Å²) < 4.78 is 40.8. The van der Waals surface area contributed by atoms with Gasteiger partial charge in [-0.2, -0.15) is 13.2 Å². The molecule has 18 heavy (non-hydrogen) atoms. The molecule has 0 amide bonds. The number of rotatable bonds is 1. The van der Waals surface area contributed by atoms with Crippen LogP contribution in [-0.4, -0.2) is 9.55 Å². The summed E-state index contributed by atoms with van der Waals surface area (Å²) in [5.41, 5.74) is -0.209. The second kappa shape index (κ2) is 4.84. The van der Waals surface area contributed by atoms with Gasteiger partial charge in [0.2, 0.25) is 0 Å². The van der Waals surface area contributed by atoms with E-state index in [0.717, 1.165) is 14.2 Å². The topological polar surface area (TPSA) is 17.8 Å². The smallest absolute Gasteiger partial charge is 0.333 e. The summed E-state index contributed by atoms with van der Waals surface area (Å²) in [5, 5.41) is 0. The first-order valence-electron chi connectivity index (χ1n) is 4.85. The highest BCUT2D eigenvalue weighted by atomic mass is 127. The van der Waals surface area contributed by atoms with E-state index in [9.17, 15) is 13.2 Å². The summed E-state index contributed by atoms with van der Waals surface area (Å²) in [6.07, 6.45) is -3.43. The number of imidazole rings is 1. The van der Waals surface area contributed by atoms with Gasteiger partial charge in [-0.25, -0.2) is 4.98 Å². The minimum Gasteiger partial charge on any atom is -0.333 e. The fourth-order valence-corrected chi connectivity index (χ4v) is 2.46. The summed E-state index contributed by atoms with van der Waals surface area (Å²) >= 11 is 5.37. The van der Waals surface area contributed by atoms with Crippen molar-refractivity contribution in [2.24, 2.45) is 7.05 Å². The molecular weight excluding hydrogens is 424 g/mol. The van der Waals surface area contributed by atoms with E-state index in [2.05, 4.69) is 43.5 Å². The maximum absolute atomic E-state index is 12.6. The normalized spacial score (nSPS) is 11.9. The first-order chi connectivity index (χ1) is 8.29. The molecule has 0 fully saturated rings. The first-order valence-corrected chi connectivity index (χ1v) is 6.72. The Labute approximate surface area is 123 Å². The third kappa shape index (κ3) is 2.71. The van der Waals surface area contributed by atoms with Crippen LogP contribution in [0.4, 0.5) is 13.2 Å². The number of aromatic nitrogens is 2. The van der Waals surface area contributed by atoms with Crippen LogP contribution in [0.3, 0.4) is 0 Å². The Hall–Kier alpha value is -0.570. The third-order valence-corrected chi connectivity index (χ3v) is 3.77. The lowest BCUT2D eigenvalue weighted by atomic mass is 10.2. The zero-order valence-corrected chi connectivity index (χ0v) is 12.8. The van der Waals surface area contributed by atoms with Gasteiger partial charge in [-0.05, 0) is 40.8 Å². The quantitative estimate of drug-likeness (QED) is 0.610. The highest BCUT2D eigenvalue weighted by Crippen LogP contribution is 2.32. The molecule has 0 aliphatic carbocycles. The van der Waals surface area contributed by atoms with Gasteiger partial charge in [-0.1, -0.05) is 15.9 Å². The lowest BCUT2D eigenvalue weighted by Gasteiger charge is -2.05. The van der Waals surface area contributed by atoms with Gasteiger partial charge < -0.3 is 4.57 Å². The van der Waals surface area contributed by atoms with Crippen LogP contribution in [0.15, 0.2) is 28.9 Å². The Morgan fingerprint density at radius 1 is 1.33 bits per heavy atom. The Bertz CT molecular complexity index is 592. The molecule has 0 saturated heterocycles. The van der Waals surface area contributed by atoms with Gasteiger partial charge in [0.1, 0.15) is 5.82 Å². The first kappa shape index (κ1) is 13.9. The summed E-state index contributed by atoms with van der Waals surface area (Å²) in [5.74, 6) is 0.299. The monoisotopic (exact) mass is 430 g/mol. The van der Waals surface area contributed by atoms with Crippen molar-refractivity contribution in [2.45, 2.75) is 6.18 Å². The molecule has 0 aliphatic rings. The van der Waals surface area contributed by atoms with Crippen molar-refractivity contribution in [2.75, 3.05) is 0 Å². The van der Waals surface area contributed by atoms with E-state index in [1.807, 2.05) is 12.1 Å². The van der Waals surface area contributed by atoms with Crippen molar-refractivity contribution < 1.29 is 13.2 Å². The van der Waals surface area contributed by atoms with Crippen molar-refractivity contribution in [3.8, 4) is 11.4 Å². The molecule has 0 bridgehead atoms. The van der Waals surface area contributed by atoms with Gasteiger partial charge in [0.05, 0.1) is 0 Å². The van der Waals surface area contributed by atoms with Gasteiger partial charge in [-0.15, -0.1) is 0 Å². The number of benzene rings is 1. The number of hydrogen-bond donors (Lipinski definition) is 0. The lowest BCUT2D eigenvalue weighted by Crippen LogP contribution is -2.04. The molecule has 0 unspecified atom stereocenters. The Balaban J connectivity index is 2.58. The second-order valence-corrected chi connectivity index (χ2v) is 5.76. The summed E-state index contributed by atoms with van der Waals surface area (Å²) in [6.45, 7) is 0. The average molecular weight is 431 g/mol. The van der Waals surface area contributed by atoms with E-state index < -0.39 is 11.9 Å². The molecule has 0 atom stereocenters. The Morgan fingerprint density at radius 2 is 2.00 bits per heavy atom. The number of halogens is 5. The minimum atomic E-state index is -4.42. The van der Waals surface area contributed by atoms with Crippen molar-refractivity contribution in [3.63, 3.8) is 0 Å². The SMILES string of the molecule is Cn1cc(C(F)(F)F)nc1-c1cc(Br)ccc1I. The number of nitrogens with zero attached hydrogens (tertiary/aromatic N) is 2. The van der Waals surface area contributed by atoms with Gasteiger partial charge in [0.15, 0.2) is 5.69 Å². The molecule has 0 N–H and O–H groups in total. The van der Waals surface area contributed by atoms with Crippen LogP contribution in [0.2, 0.25) is 0 Å². The van der Waals surface area contributed by atoms with E-state index in [4.69, 9.17) is 0 Å². The van der Waals surface area contributed by atoms with Gasteiger partial charge in [0, 0.05) is 26.9 Å². The molecule has 1 heterocycles.